The quantitative estimate of drug-likeness (QED) is 0.547. The number of carboxylic acids is 1. The molecule has 0 fully saturated rings. The molecule has 3 aromatic rings. The summed E-state index contributed by atoms with van der Waals surface area (Å²) in [5, 5.41) is 9.34. The first-order valence-corrected chi connectivity index (χ1v) is 9.50. The zero-order valence-electron chi connectivity index (χ0n) is 16.9. The Kier molecular flexibility index (Phi) is 6.62. The van der Waals surface area contributed by atoms with E-state index in [0.717, 1.165) is 52.1 Å². The Morgan fingerprint density at radius 1 is 1.03 bits per heavy atom. The van der Waals surface area contributed by atoms with E-state index < -0.39 is 5.97 Å². The summed E-state index contributed by atoms with van der Waals surface area (Å²) in [7, 11) is 3.34. The van der Waals surface area contributed by atoms with E-state index in [0.29, 0.717) is 12.2 Å². The number of carboxylic acid groups (broad SMARTS) is 1. The molecule has 150 valence electrons. The van der Waals surface area contributed by atoms with Crippen LogP contribution in [0.4, 0.5) is 0 Å². The van der Waals surface area contributed by atoms with Crippen molar-refractivity contribution < 1.29 is 19.4 Å². The molecule has 0 saturated heterocycles. The first kappa shape index (κ1) is 20.6. The molecule has 0 saturated carbocycles. The van der Waals surface area contributed by atoms with E-state index >= 15 is 0 Å². The van der Waals surface area contributed by atoms with Gasteiger partial charge >= 0.3 is 5.97 Å². The Morgan fingerprint density at radius 2 is 1.76 bits per heavy atom. The number of aromatic nitrogens is 1. The van der Waals surface area contributed by atoms with Gasteiger partial charge in [0, 0.05) is 31.0 Å². The number of ether oxygens (including phenoxy) is 2. The molecule has 2 aromatic carbocycles. The van der Waals surface area contributed by atoms with E-state index in [-0.39, 0.29) is 0 Å². The van der Waals surface area contributed by atoms with Crippen molar-refractivity contribution in [3.8, 4) is 28.1 Å². The lowest BCUT2D eigenvalue weighted by molar-refractivity contribution is 0.0696. The summed E-state index contributed by atoms with van der Waals surface area (Å²) in [6, 6.07) is 15.3. The van der Waals surface area contributed by atoms with E-state index in [1.807, 2.05) is 49.5 Å². The Morgan fingerprint density at radius 3 is 2.38 bits per heavy atom. The molecule has 5 heteroatoms. The molecule has 5 nitrogen and oxygen atoms in total. The van der Waals surface area contributed by atoms with Crippen molar-refractivity contribution in [2.75, 3.05) is 20.8 Å². The predicted octanol–water partition coefficient (Wildman–Crippen LogP) is 5.01. The fourth-order valence-electron chi connectivity index (χ4n) is 3.34. The van der Waals surface area contributed by atoms with Crippen LogP contribution in [0.15, 0.2) is 54.7 Å². The van der Waals surface area contributed by atoms with Gasteiger partial charge in [-0.15, -0.1) is 0 Å². The summed E-state index contributed by atoms with van der Waals surface area (Å²) >= 11 is 0. The number of aromatic carboxylic acids is 1. The normalized spacial score (nSPS) is 10.7. The van der Waals surface area contributed by atoms with Crippen LogP contribution in [-0.4, -0.2) is 36.9 Å². The largest absolute Gasteiger partial charge is 0.497 e. The fourth-order valence-corrected chi connectivity index (χ4v) is 3.34. The maximum absolute atomic E-state index is 11.4. The van der Waals surface area contributed by atoms with Crippen LogP contribution in [0.2, 0.25) is 0 Å². The van der Waals surface area contributed by atoms with Crippen LogP contribution >= 0.6 is 0 Å². The van der Waals surface area contributed by atoms with Gasteiger partial charge in [-0.2, -0.15) is 0 Å². The second-order valence-corrected chi connectivity index (χ2v) is 6.90. The number of rotatable bonds is 8. The van der Waals surface area contributed by atoms with Crippen molar-refractivity contribution in [1.82, 2.24) is 4.98 Å². The van der Waals surface area contributed by atoms with Crippen LogP contribution < -0.4 is 4.74 Å². The third kappa shape index (κ3) is 4.81. The summed E-state index contributed by atoms with van der Waals surface area (Å²) < 4.78 is 10.4. The SMILES string of the molecule is COCCCc1cnc(-c2ccc(OC)cc2)c(-c2ccc(C(=O)O)c(C)c2)c1. The summed E-state index contributed by atoms with van der Waals surface area (Å²) in [6.45, 7) is 2.51. The van der Waals surface area contributed by atoms with Gasteiger partial charge in [0.15, 0.2) is 0 Å². The van der Waals surface area contributed by atoms with Crippen molar-refractivity contribution in [1.29, 1.82) is 0 Å². The molecule has 1 aromatic heterocycles. The summed E-state index contributed by atoms with van der Waals surface area (Å²) in [5.74, 6) is -0.135. The van der Waals surface area contributed by atoms with Crippen LogP contribution in [0.1, 0.15) is 27.9 Å². The number of benzene rings is 2. The maximum Gasteiger partial charge on any atom is 0.335 e. The number of aryl methyl sites for hydroxylation is 2. The highest BCUT2D eigenvalue weighted by Gasteiger charge is 2.14. The van der Waals surface area contributed by atoms with E-state index in [1.165, 1.54) is 0 Å². The topological polar surface area (TPSA) is 68.7 Å². The van der Waals surface area contributed by atoms with Crippen molar-refractivity contribution >= 4 is 5.97 Å². The number of hydrogen-bond acceptors (Lipinski definition) is 4. The molecule has 3 rings (SSSR count). The lowest BCUT2D eigenvalue weighted by Gasteiger charge is -2.13. The van der Waals surface area contributed by atoms with Gasteiger partial charge in [-0.25, -0.2) is 4.79 Å². The van der Waals surface area contributed by atoms with Gasteiger partial charge in [0.1, 0.15) is 5.75 Å². The molecule has 0 spiro atoms. The van der Waals surface area contributed by atoms with Crippen molar-refractivity contribution in [2.45, 2.75) is 19.8 Å². The Balaban J connectivity index is 2.08. The highest BCUT2D eigenvalue weighted by Crippen LogP contribution is 2.33. The van der Waals surface area contributed by atoms with Crippen LogP contribution in [0.5, 0.6) is 5.75 Å². The first-order valence-electron chi connectivity index (χ1n) is 9.50. The zero-order valence-corrected chi connectivity index (χ0v) is 16.9. The molecule has 0 unspecified atom stereocenters. The molecule has 29 heavy (non-hydrogen) atoms. The zero-order chi connectivity index (χ0) is 20.8. The highest BCUT2D eigenvalue weighted by molar-refractivity contribution is 5.91. The van der Waals surface area contributed by atoms with Crippen molar-refractivity contribution in [3.05, 3.63) is 71.4 Å². The molecule has 0 radical (unpaired) electrons. The van der Waals surface area contributed by atoms with Crippen molar-refractivity contribution in [3.63, 3.8) is 0 Å². The van der Waals surface area contributed by atoms with Gasteiger partial charge in [0.05, 0.1) is 18.4 Å². The lowest BCUT2D eigenvalue weighted by Crippen LogP contribution is -2.00. The molecule has 1 N–H and O–H groups in total. The third-order valence-electron chi connectivity index (χ3n) is 4.89. The van der Waals surface area contributed by atoms with Crippen LogP contribution in [0.25, 0.3) is 22.4 Å². The summed E-state index contributed by atoms with van der Waals surface area (Å²) in [5.41, 5.74) is 5.90. The van der Waals surface area contributed by atoms with Crippen molar-refractivity contribution in [2.24, 2.45) is 0 Å². The Labute approximate surface area is 171 Å². The van der Waals surface area contributed by atoms with Gasteiger partial charge in [0.2, 0.25) is 0 Å². The molecule has 0 aliphatic carbocycles. The van der Waals surface area contributed by atoms with Gasteiger partial charge in [-0.05, 0) is 72.9 Å². The molecule has 1 heterocycles. The van der Waals surface area contributed by atoms with E-state index in [2.05, 4.69) is 6.07 Å². The molecule has 0 amide bonds. The lowest BCUT2D eigenvalue weighted by atomic mass is 9.94. The molecule has 0 bridgehead atoms. The van der Waals surface area contributed by atoms with Crippen LogP contribution in [-0.2, 0) is 11.2 Å². The summed E-state index contributed by atoms with van der Waals surface area (Å²) in [4.78, 5) is 16.1. The van der Waals surface area contributed by atoms with Crippen LogP contribution in [0, 0.1) is 6.92 Å². The number of carbonyl (C=O) groups is 1. The van der Waals surface area contributed by atoms with E-state index in [1.54, 1.807) is 20.3 Å². The van der Waals surface area contributed by atoms with Gasteiger partial charge < -0.3 is 14.6 Å². The highest BCUT2D eigenvalue weighted by atomic mass is 16.5. The fraction of sp³-hybridized carbons (Fsp3) is 0.250. The third-order valence-corrected chi connectivity index (χ3v) is 4.89. The minimum Gasteiger partial charge on any atom is -0.497 e. The van der Waals surface area contributed by atoms with Gasteiger partial charge in [-0.1, -0.05) is 12.1 Å². The number of methoxy groups -OCH3 is 2. The van der Waals surface area contributed by atoms with Gasteiger partial charge in [-0.3, -0.25) is 4.98 Å². The Bertz CT molecular complexity index is 996. The second-order valence-electron chi connectivity index (χ2n) is 6.90. The minimum absolute atomic E-state index is 0.309. The smallest absolute Gasteiger partial charge is 0.335 e. The summed E-state index contributed by atoms with van der Waals surface area (Å²) in [6.07, 6.45) is 3.68. The number of pyridine rings is 1. The second kappa shape index (κ2) is 9.34. The Hall–Kier alpha value is -3.18. The molecule has 0 atom stereocenters. The average Bonchev–Trinajstić information content (AvgIpc) is 2.73. The number of hydrogen-bond donors (Lipinski definition) is 1. The molecule has 0 aliphatic heterocycles. The van der Waals surface area contributed by atoms with E-state index in [4.69, 9.17) is 14.5 Å². The predicted molar refractivity (Wildman–Crippen MR) is 114 cm³/mol. The maximum atomic E-state index is 11.4. The molecule has 0 aliphatic rings. The minimum atomic E-state index is -0.920. The first-order chi connectivity index (χ1) is 14.0. The number of nitrogens with zero attached hydrogens (tertiary/aromatic N) is 1. The molecular formula is C24H25NO4. The standard InChI is InChI=1S/C24H25NO4/c1-16-13-19(8-11-21(16)24(26)27)22-14-17(5-4-12-28-2)15-25-23(22)18-6-9-20(29-3)10-7-18/h6-11,13-15H,4-5,12H2,1-3H3,(H,26,27). The monoisotopic (exact) mass is 391 g/mol. The van der Waals surface area contributed by atoms with E-state index in [9.17, 15) is 9.90 Å². The van der Waals surface area contributed by atoms with Gasteiger partial charge in [0.25, 0.3) is 0 Å². The molecular weight excluding hydrogens is 366 g/mol. The van der Waals surface area contributed by atoms with Crippen LogP contribution in [0.3, 0.4) is 0 Å². The average molecular weight is 391 g/mol.